The van der Waals surface area contributed by atoms with Crippen molar-refractivity contribution in [3.8, 4) is 0 Å². The number of likely N-dealkylation sites (tertiary alicyclic amines) is 1. The lowest BCUT2D eigenvalue weighted by Gasteiger charge is -2.40. The molecule has 2 N–H and O–H groups in total. The molecule has 98 valence electrons. The van der Waals surface area contributed by atoms with Gasteiger partial charge in [-0.15, -0.1) is 0 Å². The molecule has 1 aliphatic carbocycles. The van der Waals surface area contributed by atoms with Gasteiger partial charge in [-0.25, -0.2) is 0 Å². The van der Waals surface area contributed by atoms with Crippen molar-refractivity contribution in [2.75, 3.05) is 12.3 Å². The van der Waals surface area contributed by atoms with Crippen LogP contribution in [0.25, 0.3) is 0 Å². The summed E-state index contributed by atoms with van der Waals surface area (Å²) in [5, 5.41) is 0. The Kier molecular flexibility index (Phi) is 3.06. The number of fused-ring (bicyclic) bond motifs is 1. The highest BCUT2D eigenvalue weighted by atomic mass is 15.2. The maximum absolute atomic E-state index is 5.89. The number of anilines is 1. The first-order valence-corrected chi connectivity index (χ1v) is 7.29. The Hall–Kier alpha value is -1.02. The molecule has 0 bridgehead atoms. The van der Waals surface area contributed by atoms with E-state index in [9.17, 15) is 0 Å². The fourth-order valence-electron chi connectivity index (χ4n) is 3.85. The largest absolute Gasteiger partial charge is 0.399 e. The van der Waals surface area contributed by atoms with E-state index < -0.39 is 0 Å². The number of benzene rings is 1. The van der Waals surface area contributed by atoms with Crippen molar-refractivity contribution < 1.29 is 0 Å². The first-order valence-electron chi connectivity index (χ1n) is 7.29. The standard InChI is InChI=1S/C16H24N2/c1-11-7-8-18(12(2)9-11)16-6-3-13-10-14(17)4-5-15(13)16/h4-5,10-12,16H,3,6-9,17H2,1-2H3. The van der Waals surface area contributed by atoms with Gasteiger partial charge in [-0.1, -0.05) is 13.0 Å². The van der Waals surface area contributed by atoms with E-state index in [2.05, 4.69) is 36.9 Å². The normalized spacial score (nSPS) is 32.4. The van der Waals surface area contributed by atoms with Crippen molar-refractivity contribution in [3.63, 3.8) is 0 Å². The number of nitrogen functional groups attached to an aromatic ring is 1. The molecule has 0 amide bonds. The van der Waals surface area contributed by atoms with Crippen LogP contribution >= 0.6 is 0 Å². The van der Waals surface area contributed by atoms with E-state index in [1.54, 1.807) is 0 Å². The van der Waals surface area contributed by atoms with E-state index in [-0.39, 0.29) is 0 Å². The molecule has 0 radical (unpaired) electrons. The fourth-order valence-corrected chi connectivity index (χ4v) is 3.85. The van der Waals surface area contributed by atoms with E-state index in [0.29, 0.717) is 6.04 Å². The minimum absolute atomic E-state index is 0.642. The van der Waals surface area contributed by atoms with Gasteiger partial charge < -0.3 is 5.73 Å². The van der Waals surface area contributed by atoms with Gasteiger partial charge in [0.15, 0.2) is 0 Å². The summed E-state index contributed by atoms with van der Waals surface area (Å²) in [5.41, 5.74) is 9.81. The Morgan fingerprint density at radius 3 is 2.83 bits per heavy atom. The van der Waals surface area contributed by atoms with E-state index in [0.717, 1.165) is 17.6 Å². The highest BCUT2D eigenvalue weighted by Crippen LogP contribution is 2.40. The van der Waals surface area contributed by atoms with Crippen LogP contribution in [-0.4, -0.2) is 17.5 Å². The van der Waals surface area contributed by atoms with Gasteiger partial charge >= 0.3 is 0 Å². The van der Waals surface area contributed by atoms with Gasteiger partial charge in [0.05, 0.1) is 0 Å². The molecule has 3 unspecified atom stereocenters. The second-order valence-corrected chi connectivity index (χ2v) is 6.23. The third-order valence-electron chi connectivity index (χ3n) is 4.80. The van der Waals surface area contributed by atoms with Crippen molar-refractivity contribution in [1.29, 1.82) is 0 Å². The van der Waals surface area contributed by atoms with E-state index in [1.165, 1.54) is 43.4 Å². The van der Waals surface area contributed by atoms with Crippen LogP contribution in [0, 0.1) is 5.92 Å². The van der Waals surface area contributed by atoms with Crippen molar-refractivity contribution in [2.24, 2.45) is 5.92 Å². The van der Waals surface area contributed by atoms with Gasteiger partial charge in [0.2, 0.25) is 0 Å². The first kappa shape index (κ1) is 12.0. The average molecular weight is 244 g/mol. The molecule has 1 aliphatic heterocycles. The zero-order valence-corrected chi connectivity index (χ0v) is 11.5. The first-order chi connectivity index (χ1) is 8.65. The van der Waals surface area contributed by atoms with Crippen LogP contribution in [0.15, 0.2) is 18.2 Å². The quantitative estimate of drug-likeness (QED) is 0.767. The summed E-state index contributed by atoms with van der Waals surface area (Å²) in [4.78, 5) is 2.72. The summed E-state index contributed by atoms with van der Waals surface area (Å²) >= 11 is 0. The summed E-state index contributed by atoms with van der Waals surface area (Å²) in [5.74, 6) is 0.892. The lowest BCUT2D eigenvalue weighted by molar-refractivity contribution is 0.0817. The molecule has 1 aromatic rings. The molecule has 2 aliphatic rings. The molecule has 0 saturated carbocycles. The van der Waals surface area contributed by atoms with Crippen LogP contribution in [0.3, 0.4) is 0 Å². The summed E-state index contributed by atoms with van der Waals surface area (Å²) in [7, 11) is 0. The molecule has 0 spiro atoms. The predicted molar refractivity (Wildman–Crippen MR) is 76.5 cm³/mol. The fraction of sp³-hybridized carbons (Fsp3) is 0.625. The van der Waals surface area contributed by atoms with Gasteiger partial charge in [0.25, 0.3) is 0 Å². The minimum atomic E-state index is 0.642. The van der Waals surface area contributed by atoms with Gasteiger partial charge in [-0.3, -0.25) is 4.90 Å². The summed E-state index contributed by atoms with van der Waals surface area (Å²) in [6.07, 6.45) is 5.17. The van der Waals surface area contributed by atoms with Crippen LogP contribution in [0.2, 0.25) is 0 Å². The topological polar surface area (TPSA) is 29.3 Å². The van der Waals surface area contributed by atoms with Crippen LogP contribution in [0.4, 0.5) is 5.69 Å². The molecule has 1 saturated heterocycles. The van der Waals surface area contributed by atoms with Gasteiger partial charge in [0, 0.05) is 17.8 Å². The lowest BCUT2D eigenvalue weighted by atomic mass is 9.91. The Morgan fingerprint density at radius 1 is 1.22 bits per heavy atom. The van der Waals surface area contributed by atoms with Gasteiger partial charge in [-0.2, -0.15) is 0 Å². The van der Waals surface area contributed by atoms with Crippen molar-refractivity contribution >= 4 is 5.69 Å². The van der Waals surface area contributed by atoms with E-state index in [1.807, 2.05) is 0 Å². The molecular formula is C16H24N2. The van der Waals surface area contributed by atoms with E-state index in [4.69, 9.17) is 5.73 Å². The SMILES string of the molecule is CC1CCN(C2CCc3cc(N)ccc32)C(C)C1. The summed E-state index contributed by atoms with van der Waals surface area (Å²) in [6, 6.07) is 7.86. The number of piperidine rings is 1. The maximum Gasteiger partial charge on any atom is 0.0356 e. The van der Waals surface area contributed by atoms with Crippen LogP contribution in [0.1, 0.15) is 50.3 Å². The monoisotopic (exact) mass is 244 g/mol. The zero-order valence-electron chi connectivity index (χ0n) is 11.5. The molecule has 3 rings (SSSR count). The number of hydrogen-bond donors (Lipinski definition) is 1. The van der Waals surface area contributed by atoms with Crippen LogP contribution in [-0.2, 0) is 6.42 Å². The number of nitrogens with two attached hydrogens (primary N) is 1. The number of hydrogen-bond acceptors (Lipinski definition) is 2. The minimum Gasteiger partial charge on any atom is -0.399 e. The number of aryl methyl sites for hydroxylation is 1. The Bertz CT molecular complexity index is 441. The summed E-state index contributed by atoms with van der Waals surface area (Å²) in [6.45, 7) is 6.04. The maximum atomic E-state index is 5.89. The third kappa shape index (κ3) is 2.03. The molecular weight excluding hydrogens is 220 g/mol. The number of nitrogens with zero attached hydrogens (tertiary/aromatic N) is 1. The molecule has 2 nitrogen and oxygen atoms in total. The summed E-state index contributed by atoms with van der Waals surface area (Å²) < 4.78 is 0. The second-order valence-electron chi connectivity index (χ2n) is 6.23. The molecule has 1 heterocycles. The second kappa shape index (κ2) is 4.58. The predicted octanol–water partition coefficient (Wildman–Crippen LogP) is 3.38. The number of rotatable bonds is 1. The zero-order chi connectivity index (χ0) is 12.7. The third-order valence-corrected chi connectivity index (χ3v) is 4.80. The van der Waals surface area contributed by atoms with Crippen molar-refractivity contribution in [3.05, 3.63) is 29.3 Å². The Balaban J connectivity index is 1.83. The molecule has 3 atom stereocenters. The Labute approximate surface area is 110 Å². The smallest absolute Gasteiger partial charge is 0.0356 e. The molecule has 1 fully saturated rings. The van der Waals surface area contributed by atoms with Gasteiger partial charge in [0.1, 0.15) is 0 Å². The molecule has 0 aromatic heterocycles. The average Bonchev–Trinajstić information content (AvgIpc) is 2.72. The van der Waals surface area contributed by atoms with E-state index >= 15 is 0 Å². The van der Waals surface area contributed by atoms with Crippen LogP contribution < -0.4 is 5.73 Å². The molecule has 2 heteroatoms. The molecule has 1 aromatic carbocycles. The van der Waals surface area contributed by atoms with Crippen molar-refractivity contribution in [2.45, 2.75) is 51.6 Å². The lowest BCUT2D eigenvalue weighted by Crippen LogP contribution is -2.41. The highest BCUT2D eigenvalue weighted by Gasteiger charge is 2.33. The van der Waals surface area contributed by atoms with Crippen molar-refractivity contribution in [1.82, 2.24) is 4.90 Å². The van der Waals surface area contributed by atoms with Crippen LogP contribution in [0.5, 0.6) is 0 Å². The van der Waals surface area contributed by atoms with Gasteiger partial charge in [-0.05, 0) is 68.3 Å². The molecule has 18 heavy (non-hydrogen) atoms. The highest BCUT2D eigenvalue weighted by molar-refractivity contribution is 5.47. The Morgan fingerprint density at radius 2 is 2.06 bits per heavy atom.